The van der Waals surface area contributed by atoms with E-state index in [4.69, 9.17) is 4.52 Å². The van der Waals surface area contributed by atoms with Crippen LogP contribution in [0.5, 0.6) is 0 Å². The molecule has 3 heterocycles. The average molecular weight is 439 g/mol. The van der Waals surface area contributed by atoms with Crippen LogP contribution in [0.1, 0.15) is 33.1 Å². The second kappa shape index (κ2) is 8.41. The van der Waals surface area contributed by atoms with Crippen LogP contribution in [0.4, 0.5) is 16.0 Å². The van der Waals surface area contributed by atoms with Gasteiger partial charge in [0.2, 0.25) is 0 Å². The summed E-state index contributed by atoms with van der Waals surface area (Å²) in [5.41, 5.74) is 1.65. The van der Waals surface area contributed by atoms with E-state index in [1.54, 1.807) is 42.8 Å². The number of anilines is 1. The Hall–Kier alpha value is -4.35. The van der Waals surface area contributed by atoms with Crippen molar-refractivity contribution in [2.24, 2.45) is 0 Å². The molecule has 0 spiro atoms. The molecule has 0 unspecified atom stereocenters. The number of benzene rings is 1. The summed E-state index contributed by atoms with van der Waals surface area (Å²) in [5, 5.41) is 25.5. The van der Waals surface area contributed by atoms with Crippen molar-refractivity contribution >= 4 is 17.5 Å². The van der Waals surface area contributed by atoms with E-state index >= 15 is 0 Å². The summed E-state index contributed by atoms with van der Waals surface area (Å²) in [6.45, 7) is 3.69. The molecule has 4 rings (SSSR count). The molecule has 0 atom stereocenters. The molecule has 0 aliphatic heterocycles. The van der Waals surface area contributed by atoms with Crippen LogP contribution in [0, 0.1) is 29.8 Å². The molecule has 3 aromatic heterocycles. The maximum atomic E-state index is 13.9. The molecule has 0 radical (unpaired) electrons. The zero-order chi connectivity index (χ0) is 22.8. The number of nitrogens with one attached hydrogen (secondary N) is 1. The Kier molecular flexibility index (Phi) is 5.50. The van der Waals surface area contributed by atoms with Gasteiger partial charge >= 0.3 is 5.82 Å². The predicted molar refractivity (Wildman–Crippen MR) is 110 cm³/mol. The number of hydrogen-bond donors (Lipinski definition) is 1. The van der Waals surface area contributed by atoms with Gasteiger partial charge in [0.25, 0.3) is 5.91 Å². The van der Waals surface area contributed by atoms with Gasteiger partial charge in [-0.05, 0) is 24.8 Å². The van der Waals surface area contributed by atoms with E-state index in [2.05, 4.69) is 20.7 Å². The lowest BCUT2D eigenvalue weighted by molar-refractivity contribution is -0.389. The molecule has 12 heteroatoms. The number of aryl methyl sites for hydroxylation is 2. The molecule has 1 N–H and O–H groups in total. The lowest BCUT2D eigenvalue weighted by atomic mass is 10.2. The minimum Gasteiger partial charge on any atom is -0.361 e. The minimum absolute atomic E-state index is 0.0157. The molecule has 32 heavy (non-hydrogen) atoms. The van der Waals surface area contributed by atoms with Gasteiger partial charge in [-0.15, -0.1) is 0 Å². The van der Waals surface area contributed by atoms with E-state index in [0.717, 1.165) is 5.69 Å². The SMILES string of the molecule is Cc1onc(C(=O)Nc2cc(C)n(Cc3ccccc3F)n2)c1Cn1ccc([N+](=O)[O-])n1. The van der Waals surface area contributed by atoms with Crippen molar-refractivity contribution in [3.05, 3.63) is 86.8 Å². The normalized spacial score (nSPS) is 11.0. The van der Waals surface area contributed by atoms with Crippen LogP contribution in [0.25, 0.3) is 0 Å². The minimum atomic E-state index is -0.607. The number of carbonyl (C=O) groups excluding carboxylic acids is 1. The first-order valence-corrected chi connectivity index (χ1v) is 9.54. The summed E-state index contributed by atoms with van der Waals surface area (Å²) in [5.74, 6) is -0.552. The highest BCUT2D eigenvalue weighted by molar-refractivity contribution is 6.03. The molecule has 1 amide bonds. The molecule has 0 bridgehead atoms. The van der Waals surface area contributed by atoms with Gasteiger partial charge in [-0.3, -0.25) is 9.48 Å². The molecule has 164 valence electrons. The molecule has 0 saturated heterocycles. The van der Waals surface area contributed by atoms with Crippen LogP contribution in [-0.4, -0.2) is 35.5 Å². The molecule has 0 fully saturated rings. The van der Waals surface area contributed by atoms with Gasteiger partial charge in [-0.2, -0.15) is 9.78 Å². The summed E-state index contributed by atoms with van der Waals surface area (Å²) in [6, 6.07) is 9.30. The third kappa shape index (κ3) is 4.24. The van der Waals surface area contributed by atoms with Gasteiger partial charge < -0.3 is 20.0 Å². The molecule has 0 aliphatic rings. The fraction of sp³-hybridized carbons (Fsp3) is 0.200. The Morgan fingerprint density at radius 2 is 2.00 bits per heavy atom. The van der Waals surface area contributed by atoms with Gasteiger partial charge in [0.1, 0.15) is 11.6 Å². The number of rotatable bonds is 7. The van der Waals surface area contributed by atoms with Gasteiger partial charge in [0, 0.05) is 17.3 Å². The second-order valence-electron chi connectivity index (χ2n) is 7.07. The molecule has 11 nitrogen and oxygen atoms in total. The van der Waals surface area contributed by atoms with Crippen molar-refractivity contribution in [3.8, 4) is 0 Å². The van der Waals surface area contributed by atoms with Crippen LogP contribution >= 0.6 is 0 Å². The Morgan fingerprint density at radius 3 is 2.72 bits per heavy atom. The van der Waals surface area contributed by atoms with Crippen molar-refractivity contribution in [1.82, 2.24) is 24.7 Å². The highest BCUT2D eigenvalue weighted by atomic mass is 19.1. The van der Waals surface area contributed by atoms with E-state index in [9.17, 15) is 19.3 Å². The smallest absolute Gasteiger partial charge is 0.361 e. The largest absolute Gasteiger partial charge is 0.389 e. The highest BCUT2D eigenvalue weighted by Gasteiger charge is 2.23. The summed E-state index contributed by atoms with van der Waals surface area (Å²) >= 11 is 0. The van der Waals surface area contributed by atoms with Gasteiger partial charge in [0.05, 0.1) is 36.0 Å². The average Bonchev–Trinajstić information content (AvgIpc) is 3.45. The number of hydrogen-bond acceptors (Lipinski definition) is 7. The van der Waals surface area contributed by atoms with Crippen LogP contribution in [0.15, 0.2) is 47.1 Å². The standard InChI is InChI=1S/C20H18FN7O4/c1-12-9-17(23-27(12)10-14-5-3-4-6-16(14)21)22-20(29)19-15(13(2)32-25-19)11-26-8-7-18(24-26)28(30)31/h3-9H,10-11H2,1-2H3,(H,22,23,29). The number of nitrogens with zero attached hydrogens (tertiary/aromatic N) is 6. The molecule has 0 aliphatic carbocycles. The van der Waals surface area contributed by atoms with Crippen LogP contribution in [0.3, 0.4) is 0 Å². The summed E-state index contributed by atoms with van der Waals surface area (Å²) in [7, 11) is 0. The monoisotopic (exact) mass is 439 g/mol. The maximum absolute atomic E-state index is 13.9. The number of halogens is 1. The third-order valence-corrected chi connectivity index (χ3v) is 4.83. The Bertz CT molecular complexity index is 1310. The van der Waals surface area contributed by atoms with Crippen LogP contribution in [-0.2, 0) is 13.1 Å². The number of carbonyl (C=O) groups is 1. The van der Waals surface area contributed by atoms with E-state index in [1.165, 1.54) is 23.0 Å². The Balaban J connectivity index is 1.51. The summed E-state index contributed by atoms with van der Waals surface area (Å²) in [6.07, 6.45) is 1.43. The van der Waals surface area contributed by atoms with Crippen LogP contribution < -0.4 is 5.32 Å². The Labute approximate surface area is 180 Å². The fourth-order valence-electron chi connectivity index (χ4n) is 3.15. The number of nitro groups is 1. The first kappa shape index (κ1) is 20.9. The lowest BCUT2D eigenvalue weighted by Gasteiger charge is -2.05. The van der Waals surface area contributed by atoms with E-state index in [1.807, 2.05) is 0 Å². The lowest BCUT2D eigenvalue weighted by Crippen LogP contribution is -2.16. The number of amides is 1. The fourth-order valence-corrected chi connectivity index (χ4v) is 3.15. The van der Waals surface area contributed by atoms with Gasteiger partial charge in [-0.25, -0.2) is 4.39 Å². The molecule has 1 aromatic carbocycles. The molecule has 0 saturated carbocycles. The Morgan fingerprint density at radius 1 is 1.22 bits per heavy atom. The maximum Gasteiger partial charge on any atom is 0.389 e. The van der Waals surface area contributed by atoms with Crippen molar-refractivity contribution in [2.45, 2.75) is 26.9 Å². The van der Waals surface area contributed by atoms with Gasteiger partial charge in [0.15, 0.2) is 11.5 Å². The molecular formula is C20H18FN7O4. The van der Waals surface area contributed by atoms with E-state index < -0.39 is 10.8 Å². The summed E-state index contributed by atoms with van der Waals surface area (Å²) < 4.78 is 22.0. The number of aromatic nitrogens is 5. The zero-order valence-electron chi connectivity index (χ0n) is 17.1. The van der Waals surface area contributed by atoms with Crippen molar-refractivity contribution in [2.75, 3.05) is 5.32 Å². The third-order valence-electron chi connectivity index (χ3n) is 4.83. The van der Waals surface area contributed by atoms with Crippen LogP contribution in [0.2, 0.25) is 0 Å². The molecular weight excluding hydrogens is 421 g/mol. The van der Waals surface area contributed by atoms with Crippen molar-refractivity contribution in [1.29, 1.82) is 0 Å². The van der Waals surface area contributed by atoms with E-state index in [0.29, 0.717) is 16.9 Å². The van der Waals surface area contributed by atoms with Crippen molar-refractivity contribution in [3.63, 3.8) is 0 Å². The van der Waals surface area contributed by atoms with E-state index in [-0.39, 0.29) is 36.2 Å². The molecule has 4 aromatic rings. The predicted octanol–water partition coefficient (Wildman–Crippen LogP) is 3.08. The van der Waals surface area contributed by atoms with Gasteiger partial charge in [-0.1, -0.05) is 23.4 Å². The first-order chi connectivity index (χ1) is 15.3. The second-order valence-corrected chi connectivity index (χ2v) is 7.07. The first-order valence-electron chi connectivity index (χ1n) is 9.54. The topological polar surface area (TPSA) is 134 Å². The zero-order valence-corrected chi connectivity index (χ0v) is 17.1. The highest BCUT2D eigenvalue weighted by Crippen LogP contribution is 2.19. The van der Waals surface area contributed by atoms with Crippen molar-refractivity contribution < 1.29 is 18.6 Å². The summed E-state index contributed by atoms with van der Waals surface area (Å²) in [4.78, 5) is 23.0. The quantitative estimate of drug-likeness (QED) is 0.345.